The molecule has 1 amide bonds. The number of carbonyl (C=O) groups is 1. The van der Waals surface area contributed by atoms with Crippen molar-refractivity contribution in [2.75, 3.05) is 11.9 Å². The highest BCUT2D eigenvalue weighted by molar-refractivity contribution is 6.30. The van der Waals surface area contributed by atoms with Gasteiger partial charge in [-0.05, 0) is 42.5 Å². The fourth-order valence-electron chi connectivity index (χ4n) is 1.58. The number of anilines is 1. The number of amides is 1. The van der Waals surface area contributed by atoms with E-state index < -0.39 is 0 Å². The van der Waals surface area contributed by atoms with Crippen molar-refractivity contribution in [3.63, 3.8) is 0 Å². The molecule has 0 saturated carbocycles. The van der Waals surface area contributed by atoms with Crippen LogP contribution in [0.5, 0.6) is 5.75 Å². The second-order valence-corrected chi connectivity index (χ2v) is 4.55. The molecule has 0 atom stereocenters. The van der Waals surface area contributed by atoms with Crippen LogP contribution in [0.4, 0.5) is 10.1 Å². The van der Waals surface area contributed by atoms with Gasteiger partial charge in [0.25, 0.3) is 0 Å². The van der Waals surface area contributed by atoms with Crippen molar-refractivity contribution in [3.05, 3.63) is 59.4 Å². The van der Waals surface area contributed by atoms with Gasteiger partial charge >= 0.3 is 0 Å². The lowest BCUT2D eigenvalue weighted by atomic mass is 10.3. The molecule has 20 heavy (non-hydrogen) atoms. The minimum absolute atomic E-state index is 0.180. The Labute approximate surface area is 121 Å². The predicted molar refractivity (Wildman–Crippen MR) is 76.6 cm³/mol. The summed E-state index contributed by atoms with van der Waals surface area (Å²) in [7, 11) is 0. The molecule has 0 aromatic heterocycles. The zero-order chi connectivity index (χ0) is 14.4. The molecule has 0 aliphatic rings. The molecule has 0 aliphatic heterocycles. The molecule has 2 rings (SSSR count). The molecule has 104 valence electrons. The van der Waals surface area contributed by atoms with E-state index in [0.29, 0.717) is 16.5 Å². The summed E-state index contributed by atoms with van der Waals surface area (Å²) in [5.41, 5.74) is 0.432. The summed E-state index contributed by atoms with van der Waals surface area (Å²) in [5.74, 6) is 0.0257. The van der Waals surface area contributed by atoms with E-state index in [0.717, 1.165) is 0 Å². The Morgan fingerprint density at radius 2 is 1.95 bits per heavy atom. The summed E-state index contributed by atoms with van der Waals surface area (Å²) in [5, 5.41) is 3.22. The highest BCUT2D eigenvalue weighted by Crippen LogP contribution is 2.15. The molecule has 0 unspecified atom stereocenters. The van der Waals surface area contributed by atoms with Gasteiger partial charge in [0.2, 0.25) is 5.91 Å². The van der Waals surface area contributed by atoms with Crippen molar-refractivity contribution in [2.24, 2.45) is 0 Å². The van der Waals surface area contributed by atoms with Crippen molar-refractivity contribution >= 4 is 23.2 Å². The molecule has 5 heteroatoms. The van der Waals surface area contributed by atoms with Crippen LogP contribution >= 0.6 is 11.6 Å². The number of carbonyl (C=O) groups excluding carboxylic acids is 1. The van der Waals surface area contributed by atoms with Crippen molar-refractivity contribution in [1.82, 2.24) is 0 Å². The third kappa shape index (κ3) is 4.55. The first-order valence-electron chi connectivity index (χ1n) is 6.07. The van der Waals surface area contributed by atoms with Crippen molar-refractivity contribution in [1.29, 1.82) is 0 Å². The lowest BCUT2D eigenvalue weighted by Crippen LogP contribution is -2.15. The molecule has 0 bridgehead atoms. The van der Waals surface area contributed by atoms with Crippen LogP contribution in [0.1, 0.15) is 6.42 Å². The first-order valence-corrected chi connectivity index (χ1v) is 6.45. The Bertz CT molecular complexity index is 587. The third-order valence-electron chi connectivity index (χ3n) is 2.52. The average Bonchev–Trinajstić information content (AvgIpc) is 2.41. The molecule has 1 N–H and O–H groups in total. The van der Waals surface area contributed by atoms with E-state index in [1.54, 1.807) is 30.3 Å². The van der Waals surface area contributed by atoms with Gasteiger partial charge in [-0.1, -0.05) is 17.7 Å². The number of rotatable bonds is 5. The monoisotopic (exact) mass is 293 g/mol. The van der Waals surface area contributed by atoms with Crippen LogP contribution in [0, 0.1) is 5.82 Å². The average molecular weight is 294 g/mol. The van der Waals surface area contributed by atoms with Gasteiger partial charge in [-0.3, -0.25) is 4.79 Å². The van der Waals surface area contributed by atoms with Gasteiger partial charge < -0.3 is 10.1 Å². The van der Waals surface area contributed by atoms with Crippen LogP contribution in [0.25, 0.3) is 0 Å². The van der Waals surface area contributed by atoms with Crippen LogP contribution in [0.2, 0.25) is 5.02 Å². The molecular weight excluding hydrogens is 281 g/mol. The first-order chi connectivity index (χ1) is 9.63. The fraction of sp³-hybridized carbons (Fsp3) is 0.133. The van der Waals surface area contributed by atoms with Crippen LogP contribution in [-0.2, 0) is 4.79 Å². The van der Waals surface area contributed by atoms with E-state index in [4.69, 9.17) is 16.3 Å². The number of benzene rings is 2. The van der Waals surface area contributed by atoms with Gasteiger partial charge in [0, 0.05) is 10.7 Å². The summed E-state index contributed by atoms with van der Waals surface area (Å²) in [6, 6.07) is 12.6. The molecule has 2 aromatic rings. The van der Waals surface area contributed by atoms with E-state index in [1.165, 1.54) is 18.2 Å². The van der Waals surface area contributed by atoms with E-state index in [-0.39, 0.29) is 24.8 Å². The predicted octanol–water partition coefficient (Wildman–Crippen LogP) is 3.89. The fourth-order valence-corrected chi connectivity index (χ4v) is 1.71. The zero-order valence-corrected chi connectivity index (χ0v) is 11.4. The lowest BCUT2D eigenvalue weighted by molar-refractivity contribution is -0.116. The number of ether oxygens (including phenoxy) is 1. The third-order valence-corrected chi connectivity index (χ3v) is 2.77. The van der Waals surface area contributed by atoms with Gasteiger partial charge in [-0.15, -0.1) is 0 Å². The van der Waals surface area contributed by atoms with E-state index in [9.17, 15) is 9.18 Å². The van der Waals surface area contributed by atoms with Crippen LogP contribution in [-0.4, -0.2) is 12.5 Å². The number of nitrogens with one attached hydrogen (secondary N) is 1. The lowest BCUT2D eigenvalue weighted by Gasteiger charge is -2.07. The quantitative estimate of drug-likeness (QED) is 0.908. The Hall–Kier alpha value is -2.07. The number of hydrogen-bond acceptors (Lipinski definition) is 2. The normalized spacial score (nSPS) is 10.1. The van der Waals surface area contributed by atoms with Gasteiger partial charge in [0.05, 0.1) is 13.0 Å². The summed E-state index contributed by atoms with van der Waals surface area (Å²) >= 11 is 5.75. The largest absolute Gasteiger partial charge is 0.493 e. The maximum Gasteiger partial charge on any atom is 0.227 e. The molecule has 0 spiro atoms. The summed E-state index contributed by atoms with van der Waals surface area (Å²) in [6.45, 7) is 0.239. The van der Waals surface area contributed by atoms with Crippen LogP contribution in [0.3, 0.4) is 0 Å². The van der Waals surface area contributed by atoms with E-state index in [2.05, 4.69) is 5.32 Å². The van der Waals surface area contributed by atoms with Gasteiger partial charge in [-0.2, -0.15) is 0 Å². The number of hydrogen-bond donors (Lipinski definition) is 1. The Balaban J connectivity index is 1.76. The van der Waals surface area contributed by atoms with Crippen molar-refractivity contribution in [3.8, 4) is 5.75 Å². The maximum absolute atomic E-state index is 12.9. The molecular formula is C15H13ClFNO2. The Kier molecular flexibility index (Phi) is 4.96. The summed E-state index contributed by atoms with van der Waals surface area (Å²) in [4.78, 5) is 11.6. The smallest absolute Gasteiger partial charge is 0.227 e. The summed E-state index contributed by atoms with van der Waals surface area (Å²) < 4.78 is 18.3. The Morgan fingerprint density at radius 1 is 1.20 bits per heavy atom. The standard InChI is InChI=1S/C15H13ClFNO2/c16-11-4-6-14(7-5-11)20-9-8-15(19)18-13-3-1-2-12(17)10-13/h1-7,10H,8-9H2,(H,18,19). The highest BCUT2D eigenvalue weighted by atomic mass is 35.5. The Morgan fingerprint density at radius 3 is 2.65 bits per heavy atom. The van der Waals surface area contributed by atoms with E-state index in [1.807, 2.05) is 0 Å². The SMILES string of the molecule is O=C(CCOc1ccc(Cl)cc1)Nc1cccc(F)c1. The number of halogens is 2. The molecule has 3 nitrogen and oxygen atoms in total. The van der Waals surface area contributed by atoms with Gasteiger partial charge in [0.15, 0.2) is 0 Å². The minimum atomic E-state index is -0.389. The highest BCUT2D eigenvalue weighted by Gasteiger charge is 2.03. The second-order valence-electron chi connectivity index (χ2n) is 4.11. The molecule has 0 aliphatic carbocycles. The molecule has 0 saturated heterocycles. The van der Waals surface area contributed by atoms with E-state index >= 15 is 0 Å². The zero-order valence-electron chi connectivity index (χ0n) is 10.6. The second kappa shape index (κ2) is 6.91. The topological polar surface area (TPSA) is 38.3 Å². The van der Waals surface area contributed by atoms with Gasteiger partial charge in [-0.25, -0.2) is 4.39 Å². The van der Waals surface area contributed by atoms with Crippen molar-refractivity contribution < 1.29 is 13.9 Å². The minimum Gasteiger partial charge on any atom is -0.493 e. The molecule has 0 heterocycles. The van der Waals surface area contributed by atoms with Gasteiger partial charge in [0.1, 0.15) is 11.6 Å². The molecule has 2 aromatic carbocycles. The molecule has 0 fully saturated rings. The van der Waals surface area contributed by atoms with Crippen LogP contribution in [0.15, 0.2) is 48.5 Å². The molecule has 0 radical (unpaired) electrons. The summed E-state index contributed by atoms with van der Waals surface area (Å²) in [6.07, 6.45) is 0.180. The first kappa shape index (κ1) is 14.3. The van der Waals surface area contributed by atoms with Crippen molar-refractivity contribution in [2.45, 2.75) is 6.42 Å². The maximum atomic E-state index is 12.9. The van der Waals surface area contributed by atoms with Crippen LogP contribution < -0.4 is 10.1 Å².